The number of hydrogen-bond donors (Lipinski definition) is 0. The molecule has 0 spiro atoms. The van der Waals surface area contributed by atoms with Gasteiger partial charge in [-0.15, -0.1) is 11.3 Å². The molecule has 4 heterocycles. The van der Waals surface area contributed by atoms with Crippen LogP contribution >= 0.6 is 11.3 Å². The van der Waals surface area contributed by atoms with Crippen LogP contribution in [0.5, 0.6) is 0 Å². The van der Waals surface area contributed by atoms with E-state index in [9.17, 15) is 0 Å². The molecule has 0 saturated carbocycles. The highest BCUT2D eigenvalue weighted by Crippen LogP contribution is 2.44. The molecular formula is C33H19N3S. The zero-order chi connectivity index (χ0) is 24.1. The van der Waals surface area contributed by atoms with Gasteiger partial charge in [0.15, 0.2) is 0 Å². The first kappa shape index (κ1) is 19.5. The molecule has 0 aliphatic heterocycles. The van der Waals surface area contributed by atoms with Gasteiger partial charge in [-0.05, 0) is 47.9 Å². The molecule has 9 aromatic rings. The van der Waals surface area contributed by atoms with E-state index in [1.54, 1.807) is 0 Å². The van der Waals surface area contributed by atoms with E-state index in [4.69, 9.17) is 4.98 Å². The molecule has 37 heavy (non-hydrogen) atoms. The maximum atomic E-state index is 4.80. The Balaban J connectivity index is 1.60. The molecule has 5 aromatic carbocycles. The predicted octanol–water partition coefficient (Wildman–Crippen LogP) is 9.11. The summed E-state index contributed by atoms with van der Waals surface area (Å²) in [6.07, 6.45) is 3.97. The van der Waals surface area contributed by atoms with E-state index in [0.717, 1.165) is 5.65 Å². The summed E-state index contributed by atoms with van der Waals surface area (Å²) in [5.41, 5.74) is 5.82. The van der Waals surface area contributed by atoms with Gasteiger partial charge in [0.05, 0.1) is 16.6 Å². The van der Waals surface area contributed by atoms with E-state index in [1.165, 1.54) is 69.3 Å². The fourth-order valence-corrected chi connectivity index (χ4v) is 7.33. The third kappa shape index (κ3) is 2.48. The number of para-hydroxylation sites is 2. The zero-order valence-electron chi connectivity index (χ0n) is 19.7. The van der Waals surface area contributed by atoms with Crippen molar-refractivity contribution in [2.24, 2.45) is 0 Å². The topological polar surface area (TPSA) is 22.2 Å². The van der Waals surface area contributed by atoms with E-state index >= 15 is 0 Å². The number of thiophene rings is 1. The van der Waals surface area contributed by atoms with Crippen LogP contribution in [0, 0.1) is 0 Å². The lowest BCUT2D eigenvalue weighted by molar-refractivity contribution is 1.19. The average Bonchev–Trinajstić information content (AvgIpc) is 3.66. The molecule has 0 unspecified atom stereocenters. The van der Waals surface area contributed by atoms with Crippen molar-refractivity contribution in [2.45, 2.75) is 0 Å². The number of rotatable bonds is 1. The largest absolute Gasteiger partial charge is 0.309 e. The molecule has 0 aliphatic carbocycles. The van der Waals surface area contributed by atoms with Crippen LogP contribution in [0.2, 0.25) is 0 Å². The smallest absolute Gasteiger partial charge is 0.145 e. The molecule has 0 fully saturated rings. The lowest BCUT2D eigenvalue weighted by Gasteiger charge is -2.11. The zero-order valence-corrected chi connectivity index (χ0v) is 20.5. The van der Waals surface area contributed by atoms with Crippen LogP contribution < -0.4 is 0 Å². The first-order valence-corrected chi connectivity index (χ1v) is 13.3. The Morgan fingerprint density at radius 3 is 2.30 bits per heavy atom. The molecule has 0 saturated heterocycles. The summed E-state index contributed by atoms with van der Waals surface area (Å²) >= 11 is 1.87. The van der Waals surface area contributed by atoms with Crippen molar-refractivity contribution in [3.8, 4) is 5.69 Å². The van der Waals surface area contributed by atoms with Crippen LogP contribution in [0.25, 0.3) is 75.0 Å². The van der Waals surface area contributed by atoms with Gasteiger partial charge in [-0.1, -0.05) is 60.7 Å². The molecule has 172 valence electrons. The fourth-order valence-electron chi connectivity index (χ4n) is 6.22. The van der Waals surface area contributed by atoms with Crippen LogP contribution in [-0.4, -0.2) is 14.0 Å². The average molecular weight is 490 g/mol. The van der Waals surface area contributed by atoms with Gasteiger partial charge < -0.3 is 4.57 Å². The molecular weight excluding hydrogens is 470 g/mol. The second-order valence-electron chi connectivity index (χ2n) is 9.66. The van der Waals surface area contributed by atoms with Crippen LogP contribution in [0.15, 0.2) is 116 Å². The Bertz CT molecular complexity index is 2350. The van der Waals surface area contributed by atoms with Gasteiger partial charge in [0, 0.05) is 59.8 Å². The minimum absolute atomic E-state index is 0.992. The standard InChI is InChI=1S/C33H19N3S/c1-2-8-20(9-3-1)36-28-19-26-24(21-10-4-6-12-27(21)35-17-16-34-33(26)35)18-25(28)22-14-15-30-31(32(22)36)23-11-5-7-13-29(23)37-30/h1-19H. The quantitative estimate of drug-likeness (QED) is 0.211. The Kier molecular flexibility index (Phi) is 3.67. The number of pyridine rings is 1. The second kappa shape index (κ2) is 6.96. The van der Waals surface area contributed by atoms with Crippen molar-refractivity contribution in [1.82, 2.24) is 14.0 Å². The van der Waals surface area contributed by atoms with Crippen molar-refractivity contribution in [3.05, 3.63) is 116 Å². The normalized spacial score (nSPS) is 12.3. The molecule has 0 N–H and O–H groups in total. The summed E-state index contributed by atoms with van der Waals surface area (Å²) in [6.45, 7) is 0. The second-order valence-corrected chi connectivity index (χ2v) is 10.7. The number of fused-ring (bicyclic) bond motifs is 13. The highest BCUT2D eigenvalue weighted by atomic mass is 32.1. The predicted molar refractivity (Wildman–Crippen MR) is 157 cm³/mol. The molecule has 4 heteroatoms. The number of aromatic nitrogens is 3. The Morgan fingerprint density at radius 1 is 0.568 bits per heavy atom. The Labute approximate surface area is 215 Å². The van der Waals surface area contributed by atoms with Gasteiger partial charge in [0.2, 0.25) is 0 Å². The molecule has 0 atom stereocenters. The van der Waals surface area contributed by atoms with Crippen LogP contribution in [0.3, 0.4) is 0 Å². The molecule has 9 rings (SSSR count). The van der Waals surface area contributed by atoms with Gasteiger partial charge in [0.25, 0.3) is 0 Å². The SMILES string of the molecule is c1ccc(-n2c3cc4c(cc3c3ccc5sc6ccccc6c5c32)c2ccccc2n2ccnc42)cc1. The third-order valence-corrected chi connectivity index (χ3v) is 8.89. The number of nitrogens with zero attached hydrogens (tertiary/aromatic N) is 3. The van der Waals surface area contributed by atoms with Gasteiger partial charge in [0.1, 0.15) is 5.65 Å². The molecule has 0 aliphatic rings. The molecule has 0 amide bonds. The monoisotopic (exact) mass is 489 g/mol. The summed E-state index contributed by atoms with van der Waals surface area (Å²) in [4.78, 5) is 4.80. The fraction of sp³-hybridized carbons (Fsp3) is 0. The van der Waals surface area contributed by atoms with Crippen LogP contribution in [0.4, 0.5) is 0 Å². The number of imidazole rings is 1. The summed E-state index contributed by atoms with van der Waals surface area (Å²) in [6, 6.07) is 37.5. The van der Waals surface area contributed by atoms with Gasteiger partial charge >= 0.3 is 0 Å². The van der Waals surface area contributed by atoms with Crippen LogP contribution in [-0.2, 0) is 0 Å². The highest BCUT2D eigenvalue weighted by Gasteiger charge is 2.20. The maximum Gasteiger partial charge on any atom is 0.145 e. The molecule has 0 radical (unpaired) electrons. The Morgan fingerprint density at radius 2 is 1.38 bits per heavy atom. The van der Waals surface area contributed by atoms with Crippen molar-refractivity contribution in [3.63, 3.8) is 0 Å². The first-order valence-electron chi connectivity index (χ1n) is 12.5. The van der Waals surface area contributed by atoms with E-state index < -0.39 is 0 Å². The van der Waals surface area contributed by atoms with E-state index in [0.29, 0.717) is 0 Å². The van der Waals surface area contributed by atoms with Crippen molar-refractivity contribution in [1.29, 1.82) is 0 Å². The van der Waals surface area contributed by atoms with E-state index in [2.05, 4.69) is 118 Å². The first-order chi connectivity index (χ1) is 18.4. The number of benzene rings is 5. The lowest BCUT2D eigenvalue weighted by Crippen LogP contribution is -1.95. The summed E-state index contributed by atoms with van der Waals surface area (Å²) < 4.78 is 7.31. The van der Waals surface area contributed by atoms with Crippen molar-refractivity contribution in [2.75, 3.05) is 0 Å². The van der Waals surface area contributed by atoms with E-state index in [1.807, 2.05) is 17.5 Å². The minimum Gasteiger partial charge on any atom is -0.309 e. The summed E-state index contributed by atoms with van der Waals surface area (Å²) in [7, 11) is 0. The summed E-state index contributed by atoms with van der Waals surface area (Å²) in [5, 5.41) is 8.85. The van der Waals surface area contributed by atoms with Gasteiger partial charge in [-0.3, -0.25) is 4.40 Å². The number of hydrogen-bond acceptors (Lipinski definition) is 2. The third-order valence-electron chi connectivity index (χ3n) is 7.76. The molecule has 0 bridgehead atoms. The minimum atomic E-state index is 0.992. The van der Waals surface area contributed by atoms with Gasteiger partial charge in [-0.25, -0.2) is 4.98 Å². The molecule has 3 nitrogen and oxygen atoms in total. The summed E-state index contributed by atoms with van der Waals surface area (Å²) in [5.74, 6) is 0. The lowest BCUT2D eigenvalue weighted by atomic mass is 10.0. The highest BCUT2D eigenvalue weighted by molar-refractivity contribution is 7.26. The van der Waals surface area contributed by atoms with Crippen molar-refractivity contribution >= 4 is 80.6 Å². The van der Waals surface area contributed by atoms with Crippen molar-refractivity contribution < 1.29 is 0 Å². The van der Waals surface area contributed by atoms with Gasteiger partial charge in [-0.2, -0.15) is 0 Å². The molecule has 4 aromatic heterocycles. The van der Waals surface area contributed by atoms with Crippen LogP contribution in [0.1, 0.15) is 0 Å². The maximum absolute atomic E-state index is 4.80. The Hall–Kier alpha value is -4.67. The van der Waals surface area contributed by atoms with E-state index in [-0.39, 0.29) is 0 Å².